The van der Waals surface area contributed by atoms with Crippen molar-refractivity contribution in [3.8, 4) is 11.5 Å². The predicted octanol–water partition coefficient (Wildman–Crippen LogP) is 2.19. The average molecular weight is 387 g/mol. The number of likely N-dealkylation sites (N-methyl/N-ethyl adjacent to an activating group) is 1. The van der Waals surface area contributed by atoms with Crippen molar-refractivity contribution in [2.75, 3.05) is 34.4 Å². The molecule has 0 saturated carbocycles. The highest BCUT2D eigenvalue weighted by Crippen LogP contribution is 2.34. The lowest BCUT2D eigenvalue weighted by Crippen LogP contribution is -2.52. The topological polar surface area (TPSA) is 71.1 Å². The second kappa shape index (κ2) is 8.54. The molecule has 3 amide bonds. The van der Waals surface area contributed by atoms with Gasteiger partial charge in [-0.1, -0.05) is 6.08 Å². The summed E-state index contributed by atoms with van der Waals surface area (Å²) in [5.41, 5.74) is 1.89. The predicted molar refractivity (Wildman–Crippen MR) is 107 cm³/mol. The van der Waals surface area contributed by atoms with Crippen LogP contribution in [-0.4, -0.2) is 62.1 Å². The molecule has 2 atom stereocenters. The number of rotatable bonds is 6. The van der Waals surface area contributed by atoms with Gasteiger partial charge in [0.1, 0.15) is 0 Å². The van der Waals surface area contributed by atoms with Gasteiger partial charge < -0.3 is 24.6 Å². The SMILES string of the molecule is C=CCc1cc(CNC(=O)N2CCC[C@H]3C(=O)N(C)C[C@H]32)cc(OC)c1OC. The number of allylic oxidation sites excluding steroid dienone is 1. The molecular formula is C21H29N3O4. The Balaban J connectivity index is 1.71. The van der Waals surface area contributed by atoms with Crippen LogP contribution in [0.1, 0.15) is 24.0 Å². The molecule has 2 fully saturated rings. The summed E-state index contributed by atoms with van der Waals surface area (Å²) in [5, 5.41) is 3.00. The highest BCUT2D eigenvalue weighted by atomic mass is 16.5. The zero-order chi connectivity index (χ0) is 20.3. The van der Waals surface area contributed by atoms with Crippen LogP contribution in [-0.2, 0) is 17.8 Å². The lowest BCUT2D eigenvalue weighted by atomic mass is 9.92. The normalized spacial score (nSPS) is 21.3. The van der Waals surface area contributed by atoms with Gasteiger partial charge in [0, 0.05) is 32.2 Å². The Labute approximate surface area is 166 Å². The standard InChI is InChI=1S/C21H29N3O4/c1-5-7-15-10-14(11-18(27-3)19(15)28-4)12-22-21(26)24-9-6-8-16-17(24)13-23(2)20(16)25/h5,10-11,16-17H,1,6-9,12-13H2,2-4H3,(H,22,26)/t16-,17-/m1/s1. The van der Waals surface area contributed by atoms with Gasteiger partial charge in [-0.2, -0.15) is 0 Å². The number of urea groups is 1. The largest absolute Gasteiger partial charge is 0.493 e. The summed E-state index contributed by atoms with van der Waals surface area (Å²) in [5.74, 6) is 1.40. The number of carbonyl (C=O) groups excluding carboxylic acids is 2. The number of fused-ring (bicyclic) bond motifs is 1. The quantitative estimate of drug-likeness (QED) is 0.760. The summed E-state index contributed by atoms with van der Waals surface area (Å²) >= 11 is 0. The fraction of sp³-hybridized carbons (Fsp3) is 0.524. The van der Waals surface area contributed by atoms with Gasteiger partial charge >= 0.3 is 6.03 Å². The van der Waals surface area contributed by atoms with Gasteiger partial charge in [-0.3, -0.25) is 4.79 Å². The zero-order valence-corrected chi connectivity index (χ0v) is 16.9. The third-order valence-electron chi connectivity index (χ3n) is 5.62. The van der Waals surface area contributed by atoms with E-state index in [9.17, 15) is 9.59 Å². The van der Waals surface area contributed by atoms with E-state index >= 15 is 0 Å². The lowest BCUT2D eigenvalue weighted by Gasteiger charge is -2.35. The summed E-state index contributed by atoms with van der Waals surface area (Å²) in [6.07, 6.45) is 4.17. The molecule has 0 aromatic heterocycles. The van der Waals surface area contributed by atoms with E-state index in [2.05, 4.69) is 11.9 Å². The van der Waals surface area contributed by atoms with Crippen molar-refractivity contribution in [3.63, 3.8) is 0 Å². The Hall–Kier alpha value is -2.70. The number of hydrogen-bond donors (Lipinski definition) is 1. The maximum absolute atomic E-state index is 12.8. The molecule has 1 aromatic carbocycles. The first-order chi connectivity index (χ1) is 13.5. The second-order valence-electron chi connectivity index (χ2n) is 7.37. The minimum absolute atomic E-state index is 0.0343. The molecule has 1 aromatic rings. The first-order valence-electron chi connectivity index (χ1n) is 9.64. The van der Waals surface area contributed by atoms with Gasteiger partial charge in [-0.15, -0.1) is 6.58 Å². The molecule has 0 radical (unpaired) electrons. The van der Waals surface area contributed by atoms with Crippen molar-refractivity contribution in [1.29, 1.82) is 0 Å². The lowest BCUT2D eigenvalue weighted by molar-refractivity contribution is -0.130. The maximum atomic E-state index is 12.8. The number of amides is 3. The van der Waals surface area contributed by atoms with E-state index in [1.165, 1.54) is 0 Å². The van der Waals surface area contributed by atoms with Gasteiger partial charge in [0.05, 0.1) is 26.2 Å². The smallest absolute Gasteiger partial charge is 0.318 e. The Bertz CT molecular complexity index is 764. The Kier molecular flexibility index (Phi) is 6.11. The van der Waals surface area contributed by atoms with E-state index in [-0.39, 0.29) is 23.9 Å². The van der Waals surface area contributed by atoms with E-state index in [1.54, 1.807) is 25.2 Å². The first-order valence-corrected chi connectivity index (χ1v) is 9.64. The van der Waals surface area contributed by atoms with Gasteiger partial charge in [0.15, 0.2) is 11.5 Å². The van der Waals surface area contributed by atoms with Crippen LogP contribution >= 0.6 is 0 Å². The van der Waals surface area contributed by atoms with E-state index in [4.69, 9.17) is 9.47 Å². The van der Waals surface area contributed by atoms with Crippen LogP contribution in [0, 0.1) is 5.92 Å². The van der Waals surface area contributed by atoms with E-state index in [1.807, 2.05) is 24.1 Å². The van der Waals surface area contributed by atoms with Crippen molar-refractivity contribution >= 4 is 11.9 Å². The number of nitrogens with one attached hydrogen (secondary N) is 1. The van der Waals surface area contributed by atoms with Crippen LogP contribution in [0.2, 0.25) is 0 Å². The van der Waals surface area contributed by atoms with Gasteiger partial charge in [-0.05, 0) is 37.0 Å². The Morgan fingerprint density at radius 3 is 2.82 bits per heavy atom. The fourth-order valence-electron chi connectivity index (χ4n) is 4.27. The fourth-order valence-corrected chi connectivity index (χ4v) is 4.27. The van der Waals surface area contributed by atoms with E-state index in [0.717, 1.165) is 24.0 Å². The third kappa shape index (κ3) is 3.79. The second-order valence-corrected chi connectivity index (χ2v) is 7.37. The molecule has 3 rings (SSSR count). The molecule has 2 saturated heterocycles. The van der Waals surface area contributed by atoms with Crippen molar-refractivity contribution in [3.05, 3.63) is 35.9 Å². The molecule has 0 unspecified atom stereocenters. The summed E-state index contributed by atoms with van der Waals surface area (Å²) in [6.45, 7) is 5.46. The van der Waals surface area contributed by atoms with Crippen LogP contribution in [0.5, 0.6) is 11.5 Å². The van der Waals surface area contributed by atoms with Crippen molar-refractivity contribution in [2.45, 2.75) is 31.8 Å². The highest BCUT2D eigenvalue weighted by Gasteiger charge is 2.45. The van der Waals surface area contributed by atoms with Crippen LogP contribution in [0.4, 0.5) is 4.79 Å². The monoisotopic (exact) mass is 387 g/mol. The summed E-state index contributed by atoms with van der Waals surface area (Å²) in [7, 11) is 5.01. The molecule has 28 heavy (non-hydrogen) atoms. The maximum Gasteiger partial charge on any atom is 0.318 e. The van der Waals surface area contributed by atoms with E-state index in [0.29, 0.717) is 37.6 Å². The van der Waals surface area contributed by atoms with Crippen molar-refractivity contribution in [1.82, 2.24) is 15.1 Å². The minimum Gasteiger partial charge on any atom is -0.493 e. The van der Waals surface area contributed by atoms with Crippen molar-refractivity contribution in [2.24, 2.45) is 5.92 Å². The van der Waals surface area contributed by atoms with Gasteiger partial charge in [0.25, 0.3) is 0 Å². The third-order valence-corrected chi connectivity index (χ3v) is 5.62. The van der Waals surface area contributed by atoms with Gasteiger partial charge in [-0.25, -0.2) is 4.79 Å². The van der Waals surface area contributed by atoms with Crippen LogP contribution < -0.4 is 14.8 Å². The molecule has 7 nitrogen and oxygen atoms in total. The van der Waals surface area contributed by atoms with Crippen LogP contribution in [0.15, 0.2) is 24.8 Å². The van der Waals surface area contributed by atoms with Gasteiger partial charge in [0.2, 0.25) is 5.91 Å². The molecular weight excluding hydrogens is 358 g/mol. The first kappa shape index (κ1) is 20.0. The molecule has 0 bridgehead atoms. The average Bonchev–Trinajstić information content (AvgIpc) is 3.00. The van der Waals surface area contributed by atoms with Crippen LogP contribution in [0.3, 0.4) is 0 Å². The number of piperidine rings is 1. The highest BCUT2D eigenvalue weighted by molar-refractivity contribution is 5.84. The zero-order valence-electron chi connectivity index (χ0n) is 16.9. The number of ether oxygens (including phenoxy) is 2. The summed E-state index contributed by atoms with van der Waals surface area (Å²) in [6, 6.07) is 3.71. The molecule has 0 spiro atoms. The number of benzene rings is 1. The molecule has 2 aliphatic heterocycles. The Morgan fingerprint density at radius 1 is 1.36 bits per heavy atom. The molecule has 1 N–H and O–H groups in total. The Morgan fingerprint density at radius 2 is 2.14 bits per heavy atom. The summed E-state index contributed by atoms with van der Waals surface area (Å²) in [4.78, 5) is 28.6. The molecule has 2 heterocycles. The molecule has 7 heteroatoms. The number of methoxy groups -OCH3 is 2. The molecule has 0 aliphatic carbocycles. The molecule has 152 valence electrons. The molecule has 2 aliphatic rings. The van der Waals surface area contributed by atoms with Crippen molar-refractivity contribution < 1.29 is 19.1 Å². The number of nitrogens with zero attached hydrogens (tertiary/aromatic N) is 2. The van der Waals surface area contributed by atoms with E-state index < -0.39 is 0 Å². The number of hydrogen-bond acceptors (Lipinski definition) is 4. The number of likely N-dealkylation sites (tertiary alicyclic amines) is 2. The number of carbonyl (C=O) groups is 2. The minimum atomic E-state index is -0.127. The van der Waals surface area contributed by atoms with Crippen LogP contribution in [0.25, 0.3) is 0 Å². The summed E-state index contributed by atoms with van der Waals surface area (Å²) < 4.78 is 10.9.